The van der Waals surface area contributed by atoms with Crippen LogP contribution in [0.5, 0.6) is 0 Å². The second-order valence-electron chi connectivity index (χ2n) is 4.97. The van der Waals surface area contributed by atoms with E-state index in [1.165, 1.54) is 19.9 Å². The Bertz CT molecular complexity index is 394. The molecule has 0 bridgehead atoms. The van der Waals surface area contributed by atoms with E-state index in [2.05, 4.69) is 6.58 Å². The molecule has 3 N–H and O–H groups in total. The molecule has 0 amide bonds. The number of ether oxygens (including phenoxy) is 3. The zero-order chi connectivity index (χ0) is 15.3. The number of aliphatic hydroxyl groups excluding tert-OH is 2. The van der Waals surface area contributed by atoms with Crippen LogP contribution in [0.4, 0.5) is 0 Å². The van der Waals surface area contributed by atoms with Crippen molar-refractivity contribution >= 4 is 5.97 Å². The van der Waals surface area contributed by atoms with E-state index in [4.69, 9.17) is 19.3 Å². The Balaban J connectivity index is 2.94. The normalized spacial score (nSPS) is 20.6. The lowest BCUT2D eigenvalue weighted by Gasteiger charge is -2.19. The maximum Gasteiger partial charge on any atom is 0.378 e. The molecule has 1 heterocycles. The van der Waals surface area contributed by atoms with Gasteiger partial charge in [0.1, 0.15) is 19.3 Å². The molecule has 0 saturated heterocycles. The van der Waals surface area contributed by atoms with Crippen molar-refractivity contribution in [2.75, 3.05) is 19.8 Å². The molecule has 0 radical (unpaired) electrons. The van der Waals surface area contributed by atoms with Crippen molar-refractivity contribution in [1.82, 2.24) is 0 Å². The van der Waals surface area contributed by atoms with E-state index in [1.807, 2.05) is 0 Å². The van der Waals surface area contributed by atoms with Crippen LogP contribution in [0.25, 0.3) is 0 Å². The quantitative estimate of drug-likeness (QED) is 0.407. The fraction of sp³-hybridized carbons (Fsp3) is 0.615. The van der Waals surface area contributed by atoms with Gasteiger partial charge in [0.25, 0.3) is 0 Å². The zero-order valence-corrected chi connectivity index (χ0v) is 11.5. The largest absolute Gasteiger partial charge is 0.486 e. The summed E-state index contributed by atoms with van der Waals surface area (Å²) in [5.74, 6) is -1.04. The van der Waals surface area contributed by atoms with E-state index >= 15 is 0 Å². The highest BCUT2D eigenvalue weighted by Gasteiger charge is 2.42. The minimum absolute atomic E-state index is 0.0132. The molecule has 0 aromatic rings. The molecule has 1 rings (SSSR count). The minimum atomic E-state index is -1.32. The highest BCUT2D eigenvalue weighted by atomic mass is 16.6. The molecule has 114 valence electrons. The Morgan fingerprint density at radius 1 is 1.50 bits per heavy atom. The number of hydrogen-bond acceptors (Lipinski definition) is 7. The van der Waals surface area contributed by atoms with Crippen LogP contribution in [-0.2, 0) is 19.0 Å². The van der Waals surface area contributed by atoms with Gasteiger partial charge in [0.05, 0.1) is 12.2 Å². The molecule has 0 unspecified atom stereocenters. The van der Waals surface area contributed by atoms with Gasteiger partial charge in [0.2, 0.25) is 5.76 Å². The number of cyclic esters (lactones) is 1. The van der Waals surface area contributed by atoms with Crippen LogP contribution in [0.3, 0.4) is 0 Å². The molecule has 2 atom stereocenters. The Kier molecular flexibility index (Phi) is 5.55. The van der Waals surface area contributed by atoms with Crippen LogP contribution < -0.4 is 0 Å². The number of rotatable bonds is 8. The SMILES string of the molecule is C=CCOC1=C(OCC(C)(C)O)C(=O)O[C@@H]1[C@@H](O)CO. The van der Waals surface area contributed by atoms with Gasteiger partial charge in [-0.15, -0.1) is 0 Å². The van der Waals surface area contributed by atoms with E-state index in [0.717, 1.165) is 0 Å². The summed E-state index contributed by atoms with van der Waals surface area (Å²) in [4.78, 5) is 11.7. The summed E-state index contributed by atoms with van der Waals surface area (Å²) < 4.78 is 15.4. The number of carbonyl (C=O) groups is 1. The van der Waals surface area contributed by atoms with Gasteiger partial charge in [-0.1, -0.05) is 12.7 Å². The summed E-state index contributed by atoms with van der Waals surface area (Å²) in [6, 6.07) is 0. The lowest BCUT2D eigenvalue weighted by molar-refractivity contribution is -0.149. The average molecular weight is 288 g/mol. The predicted molar refractivity (Wildman–Crippen MR) is 68.4 cm³/mol. The molecule has 0 aliphatic carbocycles. The van der Waals surface area contributed by atoms with Crippen molar-refractivity contribution in [2.24, 2.45) is 0 Å². The lowest BCUT2D eigenvalue weighted by atomic mass is 10.1. The third-order valence-electron chi connectivity index (χ3n) is 2.36. The number of aliphatic hydroxyl groups is 3. The van der Waals surface area contributed by atoms with E-state index in [-0.39, 0.29) is 24.7 Å². The third-order valence-corrected chi connectivity index (χ3v) is 2.36. The number of carbonyl (C=O) groups excluding carboxylic acids is 1. The molecule has 0 fully saturated rings. The third kappa shape index (κ3) is 4.22. The lowest BCUT2D eigenvalue weighted by Crippen LogP contribution is -2.32. The molecule has 20 heavy (non-hydrogen) atoms. The molecule has 0 spiro atoms. The van der Waals surface area contributed by atoms with Gasteiger partial charge in [0.15, 0.2) is 11.9 Å². The van der Waals surface area contributed by atoms with Crippen molar-refractivity contribution in [1.29, 1.82) is 0 Å². The van der Waals surface area contributed by atoms with E-state index in [9.17, 15) is 15.0 Å². The first kappa shape index (κ1) is 16.5. The average Bonchev–Trinajstić information content (AvgIpc) is 2.68. The molecule has 7 heteroatoms. The topological polar surface area (TPSA) is 105 Å². The first-order chi connectivity index (χ1) is 9.30. The Morgan fingerprint density at radius 3 is 2.65 bits per heavy atom. The number of esters is 1. The van der Waals surface area contributed by atoms with Crippen molar-refractivity contribution in [3.63, 3.8) is 0 Å². The van der Waals surface area contributed by atoms with Gasteiger partial charge in [-0.3, -0.25) is 0 Å². The smallest absolute Gasteiger partial charge is 0.378 e. The summed E-state index contributed by atoms with van der Waals surface area (Å²) in [6.45, 7) is 5.83. The highest BCUT2D eigenvalue weighted by Crippen LogP contribution is 2.27. The van der Waals surface area contributed by atoms with E-state index in [1.54, 1.807) is 0 Å². The van der Waals surface area contributed by atoms with Gasteiger partial charge in [-0.05, 0) is 13.8 Å². The Labute approximate surface area is 117 Å². The molecule has 0 aromatic carbocycles. The van der Waals surface area contributed by atoms with Gasteiger partial charge in [-0.2, -0.15) is 0 Å². The van der Waals surface area contributed by atoms with Crippen LogP contribution in [0.15, 0.2) is 24.2 Å². The summed E-state index contributed by atoms with van der Waals surface area (Å²) in [7, 11) is 0. The molecule has 1 aliphatic heterocycles. The van der Waals surface area contributed by atoms with Crippen LogP contribution >= 0.6 is 0 Å². The molecule has 0 aromatic heterocycles. The maximum absolute atomic E-state index is 11.7. The second kappa shape index (κ2) is 6.74. The van der Waals surface area contributed by atoms with Gasteiger partial charge >= 0.3 is 5.97 Å². The second-order valence-corrected chi connectivity index (χ2v) is 4.97. The number of hydrogen-bond donors (Lipinski definition) is 3. The first-order valence-corrected chi connectivity index (χ1v) is 6.13. The molecule has 1 aliphatic rings. The Hall–Kier alpha value is -1.57. The first-order valence-electron chi connectivity index (χ1n) is 6.13. The summed E-state index contributed by atoms with van der Waals surface area (Å²) >= 11 is 0. The van der Waals surface area contributed by atoms with Crippen molar-refractivity contribution in [2.45, 2.75) is 31.7 Å². The van der Waals surface area contributed by atoms with Crippen molar-refractivity contribution in [3.8, 4) is 0 Å². The fourth-order valence-corrected chi connectivity index (χ4v) is 1.48. The van der Waals surface area contributed by atoms with Crippen LogP contribution in [0.1, 0.15) is 13.8 Å². The fourth-order valence-electron chi connectivity index (χ4n) is 1.48. The van der Waals surface area contributed by atoms with Crippen molar-refractivity contribution in [3.05, 3.63) is 24.2 Å². The monoisotopic (exact) mass is 288 g/mol. The van der Waals surface area contributed by atoms with E-state index < -0.39 is 30.4 Å². The van der Waals surface area contributed by atoms with Crippen LogP contribution in [0.2, 0.25) is 0 Å². The summed E-state index contributed by atoms with van der Waals surface area (Å²) in [6.07, 6.45) is -1.00. The molecular formula is C13H20O7. The highest BCUT2D eigenvalue weighted by molar-refractivity contribution is 5.89. The van der Waals surface area contributed by atoms with E-state index in [0.29, 0.717) is 0 Å². The molecule has 7 nitrogen and oxygen atoms in total. The minimum Gasteiger partial charge on any atom is -0.486 e. The van der Waals surface area contributed by atoms with Crippen molar-refractivity contribution < 1.29 is 34.3 Å². The molecule has 0 saturated carbocycles. The van der Waals surface area contributed by atoms with Crippen LogP contribution in [0, 0.1) is 0 Å². The standard InChI is InChI=1S/C13H20O7/c1-4-5-18-10-9(8(15)6-14)20-12(16)11(10)19-7-13(2,3)17/h4,8-9,14-15,17H,1,5-7H2,2-3H3/t8-,9+/m0/s1. The maximum atomic E-state index is 11.7. The van der Waals surface area contributed by atoms with Crippen LogP contribution in [-0.4, -0.2) is 58.9 Å². The predicted octanol–water partition coefficient (Wildman–Crippen LogP) is -0.533. The van der Waals surface area contributed by atoms with Gasteiger partial charge in [-0.25, -0.2) is 4.79 Å². The molecular weight excluding hydrogens is 268 g/mol. The summed E-state index contributed by atoms with van der Waals surface area (Å²) in [5.41, 5.74) is -1.15. The summed E-state index contributed by atoms with van der Waals surface area (Å²) in [5, 5.41) is 28.2. The Morgan fingerprint density at radius 2 is 2.15 bits per heavy atom. The zero-order valence-electron chi connectivity index (χ0n) is 11.5. The van der Waals surface area contributed by atoms with Gasteiger partial charge < -0.3 is 29.5 Å². The van der Waals surface area contributed by atoms with Gasteiger partial charge in [0, 0.05) is 0 Å².